The fraction of sp³-hybridized carbons (Fsp3) is 0.455. The summed E-state index contributed by atoms with van der Waals surface area (Å²) < 4.78 is 11.6. The highest BCUT2D eigenvalue weighted by Gasteiger charge is 2.52. The van der Waals surface area contributed by atoms with Crippen LogP contribution < -0.4 is 10.1 Å². The molecule has 0 saturated carbocycles. The lowest BCUT2D eigenvalue weighted by Crippen LogP contribution is -2.57. The molecule has 2 aromatic carbocycles. The Bertz CT molecular complexity index is 828. The van der Waals surface area contributed by atoms with Gasteiger partial charge in [0.15, 0.2) is 0 Å². The molecule has 0 bridgehead atoms. The zero-order valence-electron chi connectivity index (χ0n) is 15.9. The van der Waals surface area contributed by atoms with Crippen molar-refractivity contribution in [3.63, 3.8) is 0 Å². The number of hydrogen-bond donors (Lipinski definition) is 3. The molecule has 5 nitrogen and oxygen atoms in total. The number of rotatable bonds is 5. The van der Waals surface area contributed by atoms with Gasteiger partial charge in [-0.3, -0.25) is 0 Å². The second-order valence-electron chi connectivity index (χ2n) is 7.59. The molecule has 2 fully saturated rings. The molecule has 0 aromatic heterocycles. The van der Waals surface area contributed by atoms with Crippen LogP contribution in [0.4, 0.5) is 0 Å². The van der Waals surface area contributed by atoms with Crippen molar-refractivity contribution in [2.75, 3.05) is 19.7 Å². The maximum absolute atomic E-state index is 10.6. The monoisotopic (exact) mass is 403 g/mol. The fourth-order valence-electron chi connectivity index (χ4n) is 4.09. The quantitative estimate of drug-likeness (QED) is 0.716. The molecule has 0 spiro atoms. The van der Waals surface area contributed by atoms with E-state index < -0.39 is 17.8 Å². The van der Waals surface area contributed by atoms with Crippen molar-refractivity contribution in [3.8, 4) is 5.75 Å². The Hall–Kier alpha value is -1.63. The van der Waals surface area contributed by atoms with E-state index in [4.69, 9.17) is 21.1 Å². The SMILES string of the molecule is CCOc1ccc(Cc2cc([C@H]3C[C@@H](O)[C@]4(O)CNCC4O3)ccc2Cl)cc1. The van der Waals surface area contributed by atoms with E-state index in [0.717, 1.165) is 22.4 Å². The minimum Gasteiger partial charge on any atom is -0.494 e. The average Bonchev–Trinajstić information content (AvgIpc) is 3.08. The number of aliphatic hydroxyl groups is 2. The summed E-state index contributed by atoms with van der Waals surface area (Å²) in [4.78, 5) is 0. The van der Waals surface area contributed by atoms with Gasteiger partial charge in [0.25, 0.3) is 0 Å². The molecule has 2 aromatic rings. The molecule has 2 heterocycles. The normalized spacial score (nSPS) is 29.5. The maximum atomic E-state index is 10.6. The number of β-amino-alcohol motifs (C(OH)–C–C–N with tert-alkyl or cyclic N) is 1. The summed E-state index contributed by atoms with van der Waals surface area (Å²) in [6.07, 6.45) is -0.443. The van der Waals surface area contributed by atoms with Gasteiger partial charge < -0.3 is 25.0 Å². The van der Waals surface area contributed by atoms with Gasteiger partial charge in [0, 0.05) is 24.5 Å². The summed E-state index contributed by atoms with van der Waals surface area (Å²) >= 11 is 6.44. The molecule has 2 saturated heterocycles. The zero-order chi connectivity index (χ0) is 19.7. The van der Waals surface area contributed by atoms with Crippen molar-refractivity contribution in [1.82, 2.24) is 5.32 Å². The van der Waals surface area contributed by atoms with E-state index >= 15 is 0 Å². The molecule has 28 heavy (non-hydrogen) atoms. The minimum absolute atomic E-state index is 0.267. The summed E-state index contributed by atoms with van der Waals surface area (Å²) in [6.45, 7) is 3.50. The van der Waals surface area contributed by atoms with Gasteiger partial charge >= 0.3 is 0 Å². The molecule has 0 aliphatic carbocycles. The Balaban J connectivity index is 1.52. The second kappa shape index (κ2) is 8.01. The third-order valence-electron chi connectivity index (χ3n) is 5.71. The number of aliphatic hydroxyl groups excluding tert-OH is 1. The van der Waals surface area contributed by atoms with E-state index in [2.05, 4.69) is 5.32 Å². The van der Waals surface area contributed by atoms with Crippen molar-refractivity contribution in [2.45, 2.75) is 43.7 Å². The van der Waals surface area contributed by atoms with Crippen molar-refractivity contribution in [2.24, 2.45) is 0 Å². The number of ether oxygens (including phenoxy) is 2. The molecule has 4 rings (SSSR count). The molecule has 1 unspecified atom stereocenters. The Morgan fingerprint density at radius 1 is 1.25 bits per heavy atom. The molecule has 2 aliphatic heterocycles. The minimum atomic E-state index is -1.20. The van der Waals surface area contributed by atoms with Crippen molar-refractivity contribution >= 4 is 11.6 Å². The summed E-state index contributed by atoms with van der Waals surface area (Å²) in [7, 11) is 0. The lowest BCUT2D eigenvalue weighted by molar-refractivity contribution is -0.207. The first kappa shape index (κ1) is 19.7. The predicted molar refractivity (Wildman–Crippen MR) is 108 cm³/mol. The number of nitrogens with one attached hydrogen (secondary N) is 1. The Kier molecular flexibility index (Phi) is 5.63. The lowest BCUT2D eigenvalue weighted by Gasteiger charge is -2.42. The van der Waals surface area contributed by atoms with E-state index in [9.17, 15) is 10.2 Å². The Morgan fingerprint density at radius 2 is 2.04 bits per heavy atom. The molecular formula is C22H26ClNO4. The maximum Gasteiger partial charge on any atom is 0.130 e. The van der Waals surface area contributed by atoms with Gasteiger partial charge in [-0.15, -0.1) is 0 Å². The summed E-state index contributed by atoms with van der Waals surface area (Å²) in [5.74, 6) is 0.855. The Morgan fingerprint density at radius 3 is 2.79 bits per heavy atom. The van der Waals surface area contributed by atoms with E-state index in [0.29, 0.717) is 37.6 Å². The molecule has 2 aliphatic rings. The van der Waals surface area contributed by atoms with Gasteiger partial charge in [-0.1, -0.05) is 35.9 Å². The summed E-state index contributed by atoms with van der Waals surface area (Å²) in [5, 5.41) is 24.9. The van der Waals surface area contributed by atoms with E-state index in [1.807, 2.05) is 49.4 Å². The smallest absolute Gasteiger partial charge is 0.130 e. The standard InChI is InChI=1S/C22H26ClNO4/c1-2-27-17-6-3-14(4-7-17)9-16-10-15(5-8-18(16)23)19-11-20(25)22(26)13-24-12-21(22)28-19/h3-8,10,19-21,24-26H,2,9,11-13H2,1H3/t19-,20-,21?,22-/m1/s1. The highest BCUT2D eigenvalue weighted by atomic mass is 35.5. The van der Waals surface area contributed by atoms with E-state index in [1.165, 1.54) is 0 Å². The third kappa shape index (κ3) is 3.78. The van der Waals surface area contributed by atoms with Gasteiger partial charge in [-0.25, -0.2) is 0 Å². The molecule has 150 valence electrons. The summed E-state index contributed by atoms with van der Waals surface area (Å²) in [5.41, 5.74) is 1.92. The van der Waals surface area contributed by atoms with Crippen molar-refractivity contribution in [3.05, 3.63) is 64.2 Å². The van der Waals surface area contributed by atoms with Crippen molar-refractivity contribution < 1.29 is 19.7 Å². The van der Waals surface area contributed by atoms with Gasteiger partial charge in [0.2, 0.25) is 0 Å². The van der Waals surface area contributed by atoms with Crippen LogP contribution in [0, 0.1) is 0 Å². The predicted octanol–water partition coefficient (Wildman–Crippen LogP) is 2.85. The van der Waals surface area contributed by atoms with E-state index in [-0.39, 0.29) is 6.10 Å². The van der Waals surface area contributed by atoms with Crippen LogP contribution in [0.25, 0.3) is 0 Å². The van der Waals surface area contributed by atoms with Gasteiger partial charge in [0.05, 0.1) is 18.8 Å². The highest BCUT2D eigenvalue weighted by Crippen LogP contribution is 2.39. The number of benzene rings is 2. The number of hydrogen-bond acceptors (Lipinski definition) is 5. The van der Waals surface area contributed by atoms with Crippen LogP contribution in [-0.2, 0) is 11.2 Å². The first-order chi connectivity index (χ1) is 13.5. The second-order valence-corrected chi connectivity index (χ2v) is 8.00. The van der Waals surface area contributed by atoms with Crippen LogP contribution in [0.3, 0.4) is 0 Å². The topological polar surface area (TPSA) is 71.0 Å². The summed E-state index contributed by atoms with van der Waals surface area (Å²) in [6, 6.07) is 13.9. The number of fused-ring (bicyclic) bond motifs is 1. The lowest BCUT2D eigenvalue weighted by atomic mass is 9.84. The number of halogens is 1. The van der Waals surface area contributed by atoms with Crippen LogP contribution in [0.2, 0.25) is 5.02 Å². The van der Waals surface area contributed by atoms with Crippen LogP contribution >= 0.6 is 11.6 Å². The van der Waals surface area contributed by atoms with Crippen LogP contribution in [-0.4, -0.2) is 47.7 Å². The Labute approximate surface area is 170 Å². The zero-order valence-corrected chi connectivity index (χ0v) is 16.7. The average molecular weight is 404 g/mol. The fourth-order valence-corrected chi connectivity index (χ4v) is 4.27. The largest absolute Gasteiger partial charge is 0.494 e. The first-order valence-corrected chi connectivity index (χ1v) is 10.1. The molecular weight excluding hydrogens is 378 g/mol. The van der Waals surface area contributed by atoms with Crippen molar-refractivity contribution in [1.29, 1.82) is 0 Å². The van der Waals surface area contributed by atoms with Gasteiger partial charge in [-0.2, -0.15) is 0 Å². The molecule has 4 atom stereocenters. The third-order valence-corrected chi connectivity index (χ3v) is 6.08. The highest BCUT2D eigenvalue weighted by molar-refractivity contribution is 6.31. The van der Waals surface area contributed by atoms with Gasteiger partial charge in [-0.05, 0) is 48.2 Å². The van der Waals surface area contributed by atoms with Crippen LogP contribution in [0.5, 0.6) is 5.75 Å². The van der Waals surface area contributed by atoms with Gasteiger partial charge in [0.1, 0.15) is 17.5 Å². The van der Waals surface area contributed by atoms with E-state index in [1.54, 1.807) is 0 Å². The molecule has 0 amide bonds. The van der Waals surface area contributed by atoms with Crippen LogP contribution in [0.1, 0.15) is 36.1 Å². The van der Waals surface area contributed by atoms with Crippen LogP contribution in [0.15, 0.2) is 42.5 Å². The molecule has 0 radical (unpaired) electrons. The molecule has 3 N–H and O–H groups in total. The molecule has 6 heteroatoms. The first-order valence-electron chi connectivity index (χ1n) is 9.76.